The summed E-state index contributed by atoms with van der Waals surface area (Å²) < 4.78 is 5.55. The molecule has 8 heteroatoms. The van der Waals surface area contributed by atoms with Crippen molar-refractivity contribution < 1.29 is 19.1 Å². The van der Waals surface area contributed by atoms with Crippen LogP contribution in [-0.2, 0) is 11.3 Å². The van der Waals surface area contributed by atoms with E-state index in [0.717, 1.165) is 23.9 Å². The first-order valence-corrected chi connectivity index (χ1v) is 9.94. The molecule has 1 unspecified atom stereocenters. The predicted octanol–water partition coefficient (Wildman–Crippen LogP) is 2.27. The fourth-order valence-corrected chi connectivity index (χ4v) is 3.95. The molecule has 3 heterocycles. The lowest BCUT2D eigenvalue weighted by atomic mass is 10.1. The number of fused-ring (bicyclic) bond motifs is 2. The van der Waals surface area contributed by atoms with Crippen LogP contribution >= 0.6 is 0 Å². The number of aromatic amines is 1. The SMILES string of the molecule is O=C(NCc1nc2ccccc2[nH]1)c1ccc2c(c1)C(=O)N(CC1CCCO1)C2=O. The molecule has 152 valence electrons. The first-order chi connectivity index (χ1) is 14.6. The number of aromatic nitrogens is 2. The van der Waals surface area contributed by atoms with Crippen molar-refractivity contribution in [1.29, 1.82) is 0 Å². The molecule has 8 nitrogen and oxygen atoms in total. The molecule has 2 aliphatic heterocycles. The summed E-state index contributed by atoms with van der Waals surface area (Å²) in [6, 6.07) is 12.2. The summed E-state index contributed by atoms with van der Waals surface area (Å²) in [5.41, 5.74) is 2.63. The minimum atomic E-state index is -0.377. The lowest BCUT2D eigenvalue weighted by molar-refractivity contribution is 0.0475. The van der Waals surface area contributed by atoms with Crippen molar-refractivity contribution in [2.75, 3.05) is 13.2 Å². The van der Waals surface area contributed by atoms with Crippen LogP contribution < -0.4 is 5.32 Å². The van der Waals surface area contributed by atoms with E-state index >= 15 is 0 Å². The van der Waals surface area contributed by atoms with Crippen LogP contribution in [0.5, 0.6) is 0 Å². The minimum Gasteiger partial charge on any atom is -0.376 e. The highest BCUT2D eigenvalue weighted by Gasteiger charge is 2.37. The van der Waals surface area contributed by atoms with Gasteiger partial charge in [-0.05, 0) is 43.2 Å². The van der Waals surface area contributed by atoms with Gasteiger partial charge in [0.05, 0.1) is 41.4 Å². The van der Waals surface area contributed by atoms with Gasteiger partial charge in [0, 0.05) is 12.2 Å². The third-order valence-electron chi connectivity index (χ3n) is 5.50. The summed E-state index contributed by atoms with van der Waals surface area (Å²) in [4.78, 5) is 46.8. The number of rotatable bonds is 5. The van der Waals surface area contributed by atoms with Gasteiger partial charge in [-0.15, -0.1) is 0 Å². The number of nitrogens with zero attached hydrogens (tertiary/aromatic N) is 2. The van der Waals surface area contributed by atoms with Crippen LogP contribution in [0, 0.1) is 0 Å². The van der Waals surface area contributed by atoms with E-state index in [1.54, 1.807) is 12.1 Å². The molecule has 0 spiro atoms. The number of imide groups is 1. The summed E-state index contributed by atoms with van der Waals surface area (Å²) in [5.74, 6) is -0.409. The number of H-pyrrole nitrogens is 1. The van der Waals surface area contributed by atoms with Crippen molar-refractivity contribution >= 4 is 28.8 Å². The van der Waals surface area contributed by atoms with E-state index in [2.05, 4.69) is 15.3 Å². The van der Waals surface area contributed by atoms with Crippen molar-refractivity contribution in [1.82, 2.24) is 20.2 Å². The molecule has 0 aliphatic carbocycles. The largest absolute Gasteiger partial charge is 0.376 e. The lowest BCUT2D eigenvalue weighted by Gasteiger charge is -2.17. The van der Waals surface area contributed by atoms with Crippen molar-refractivity contribution in [3.63, 3.8) is 0 Å². The Morgan fingerprint density at radius 1 is 1.17 bits per heavy atom. The van der Waals surface area contributed by atoms with Gasteiger partial charge in [0.2, 0.25) is 0 Å². The zero-order chi connectivity index (χ0) is 20.7. The molecule has 1 fully saturated rings. The number of ether oxygens (including phenoxy) is 1. The van der Waals surface area contributed by atoms with Crippen LogP contribution in [0.2, 0.25) is 0 Å². The van der Waals surface area contributed by atoms with E-state index in [9.17, 15) is 14.4 Å². The molecule has 2 aromatic carbocycles. The Balaban J connectivity index is 1.29. The molecule has 0 radical (unpaired) electrons. The van der Waals surface area contributed by atoms with Crippen LogP contribution in [0.15, 0.2) is 42.5 Å². The fraction of sp³-hybridized carbons (Fsp3) is 0.273. The normalized spacial score (nSPS) is 18.3. The molecule has 3 aromatic rings. The van der Waals surface area contributed by atoms with Gasteiger partial charge in [0.1, 0.15) is 5.82 Å². The number of para-hydroxylation sites is 2. The van der Waals surface area contributed by atoms with Gasteiger partial charge < -0.3 is 15.0 Å². The molecule has 3 amide bonds. The number of imidazole rings is 1. The van der Waals surface area contributed by atoms with Crippen LogP contribution in [0.1, 0.15) is 49.7 Å². The van der Waals surface area contributed by atoms with Crippen molar-refractivity contribution in [3.8, 4) is 0 Å². The van der Waals surface area contributed by atoms with E-state index in [1.165, 1.54) is 11.0 Å². The highest BCUT2D eigenvalue weighted by Crippen LogP contribution is 2.26. The van der Waals surface area contributed by atoms with Crippen LogP contribution in [0.25, 0.3) is 11.0 Å². The average Bonchev–Trinajstić information content (AvgIpc) is 3.48. The second kappa shape index (κ2) is 7.38. The smallest absolute Gasteiger partial charge is 0.261 e. The Kier molecular flexibility index (Phi) is 4.55. The molecular formula is C22H20N4O4. The lowest BCUT2D eigenvalue weighted by Crippen LogP contribution is -2.36. The Morgan fingerprint density at radius 2 is 2.00 bits per heavy atom. The first kappa shape index (κ1) is 18.5. The standard InChI is InChI=1S/C22H20N4O4/c27-20(23-11-19-24-17-5-1-2-6-18(17)25-19)13-7-8-15-16(10-13)22(29)26(21(15)28)12-14-4-3-9-30-14/h1-2,5-8,10,14H,3-4,9,11-12H2,(H,23,27)(H,24,25). The zero-order valence-electron chi connectivity index (χ0n) is 16.2. The van der Waals surface area contributed by atoms with Gasteiger partial charge >= 0.3 is 0 Å². The molecule has 5 rings (SSSR count). The molecule has 2 aliphatic rings. The van der Waals surface area contributed by atoms with E-state index in [4.69, 9.17) is 4.74 Å². The van der Waals surface area contributed by atoms with Crippen LogP contribution in [0.3, 0.4) is 0 Å². The molecular weight excluding hydrogens is 384 g/mol. The van der Waals surface area contributed by atoms with Crippen molar-refractivity contribution in [3.05, 3.63) is 65.0 Å². The summed E-state index contributed by atoms with van der Waals surface area (Å²) >= 11 is 0. The van der Waals surface area contributed by atoms with E-state index < -0.39 is 0 Å². The second-order valence-electron chi connectivity index (χ2n) is 7.50. The highest BCUT2D eigenvalue weighted by molar-refractivity contribution is 6.22. The molecule has 1 atom stereocenters. The summed E-state index contributed by atoms with van der Waals surface area (Å²) in [6.07, 6.45) is 1.66. The van der Waals surface area contributed by atoms with E-state index in [1.807, 2.05) is 24.3 Å². The predicted molar refractivity (Wildman–Crippen MR) is 108 cm³/mol. The zero-order valence-corrected chi connectivity index (χ0v) is 16.2. The van der Waals surface area contributed by atoms with Crippen LogP contribution in [0.4, 0.5) is 0 Å². The highest BCUT2D eigenvalue weighted by atomic mass is 16.5. The third kappa shape index (κ3) is 3.25. The molecule has 30 heavy (non-hydrogen) atoms. The number of amides is 3. The molecule has 0 bridgehead atoms. The Bertz CT molecular complexity index is 1130. The van der Waals surface area contributed by atoms with Gasteiger partial charge in [-0.1, -0.05) is 12.1 Å². The molecule has 1 aromatic heterocycles. The third-order valence-corrected chi connectivity index (χ3v) is 5.50. The van der Waals surface area contributed by atoms with Gasteiger partial charge in [0.15, 0.2) is 0 Å². The van der Waals surface area contributed by atoms with Crippen molar-refractivity contribution in [2.24, 2.45) is 0 Å². The number of hydrogen-bond acceptors (Lipinski definition) is 5. The number of carbonyl (C=O) groups is 3. The Labute approximate surface area is 172 Å². The van der Waals surface area contributed by atoms with Gasteiger partial charge in [0.25, 0.3) is 17.7 Å². The number of carbonyl (C=O) groups excluding carboxylic acids is 3. The average molecular weight is 404 g/mol. The number of nitrogens with one attached hydrogen (secondary N) is 2. The van der Waals surface area contributed by atoms with E-state index in [-0.39, 0.29) is 42.5 Å². The second-order valence-corrected chi connectivity index (χ2v) is 7.50. The summed E-state index contributed by atoms with van der Waals surface area (Å²) in [7, 11) is 0. The van der Waals surface area contributed by atoms with Crippen molar-refractivity contribution in [2.45, 2.75) is 25.5 Å². The number of hydrogen-bond donors (Lipinski definition) is 2. The number of benzene rings is 2. The first-order valence-electron chi connectivity index (χ1n) is 9.94. The van der Waals surface area contributed by atoms with Gasteiger partial charge in [-0.3, -0.25) is 19.3 Å². The monoisotopic (exact) mass is 404 g/mol. The summed E-state index contributed by atoms with van der Waals surface area (Å²) in [6.45, 7) is 1.13. The van der Waals surface area contributed by atoms with Gasteiger partial charge in [-0.25, -0.2) is 4.98 Å². The Hall–Kier alpha value is -3.52. The fourth-order valence-electron chi connectivity index (χ4n) is 3.95. The minimum absolute atomic E-state index is 0.112. The maximum Gasteiger partial charge on any atom is 0.261 e. The van der Waals surface area contributed by atoms with Gasteiger partial charge in [-0.2, -0.15) is 0 Å². The van der Waals surface area contributed by atoms with E-state index in [0.29, 0.717) is 23.6 Å². The quantitative estimate of drug-likeness (QED) is 0.635. The molecule has 2 N–H and O–H groups in total. The maximum atomic E-state index is 12.8. The Morgan fingerprint density at radius 3 is 2.80 bits per heavy atom. The molecule has 0 saturated carbocycles. The molecule has 1 saturated heterocycles. The van der Waals surface area contributed by atoms with Crippen LogP contribution in [-0.4, -0.2) is 51.8 Å². The maximum absolute atomic E-state index is 12.8. The topological polar surface area (TPSA) is 104 Å². The summed E-state index contributed by atoms with van der Waals surface area (Å²) in [5, 5.41) is 2.80.